The minimum atomic E-state index is -4.52. The first-order valence-electron chi connectivity index (χ1n) is 14.0. The molecule has 15 nitrogen and oxygen atoms in total. The van der Waals surface area contributed by atoms with Crippen LogP contribution in [-0.4, -0.2) is 87.8 Å². The maximum atomic E-state index is 12.4. The van der Waals surface area contributed by atoms with Crippen LogP contribution in [0.3, 0.4) is 0 Å². The van der Waals surface area contributed by atoms with Gasteiger partial charge >= 0.3 is 16.3 Å². The van der Waals surface area contributed by atoms with E-state index in [1.165, 1.54) is 4.80 Å². The predicted molar refractivity (Wildman–Crippen MR) is 155 cm³/mol. The minimum Gasteiger partial charge on any atom is -0.457 e. The van der Waals surface area contributed by atoms with E-state index in [0.717, 1.165) is 5.56 Å². The van der Waals surface area contributed by atoms with Gasteiger partial charge in [-0.25, -0.2) is 9.52 Å². The van der Waals surface area contributed by atoms with Crippen LogP contribution in [0.5, 0.6) is 0 Å². The number of benzene rings is 2. The largest absolute Gasteiger partial charge is 0.457 e. The molecule has 6 atom stereocenters. The first-order chi connectivity index (χ1) is 21.0. The molecule has 0 radical (unpaired) electrons. The van der Waals surface area contributed by atoms with Crippen molar-refractivity contribution in [3.05, 3.63) is 65.7 Å². The van der Waals surface area contributed by atoms with E-state index < -0.39 is 59.2 Å². The minimum absolute atomic E-state index is 0.154. The van der Waals surface area contributed by atoms with E-state index in [4.69, 9.17) is 19.4 Å². The van der Waals surface area contributed by atoms with Gasteiger partial charge in [-0.2, -0.15) is 13.2 Å². The summed E-state index contributed by atoms with van der Waals surface area (Å²) in [5, 5.41) is 33.1. The molecule has 1 saturated heterocycles. The molecule has 1 aliphatic heterocycles. The van der Waals surface area contributed by atoms with Crippen LogP contribution in [0.1, 0.15) is 42.6 Å². The van der Waals surface area contributed by atoms with E-state index >= 15 is 0 Å². The quantitative estimate of drug-likeness (QED) is 0.176. The molecule has 4 rings (SSSR count). The van der Waals surface area contributed by atoms with Crippen molar-refractivity contribution in [2.24, 2.45) is 11.7 Å². The molecule has 1 aromatic heterocycles. The van der Waals surface area contributed by atoms with Crippen LogP contribution in [-0.2, 0) is 41.9 Å². The Morgan fingerprint density at radius 1 is 1.09 bits per heavy atom. The summed E-state index contributed by atoms with van der Waals surface area (Å²) in [6.07, 6.45) is -4.11. The van der Waals surface area contributed by atoms with Gasteiger partial charge in [0.1, 0.15) is 24.9 Å². The Labute approximate surface area is 254 Å². The van der Waals surface area contributed by atoms with Crippen LogP contribution in [0.2, 0.25) is 0 Å². The molecule has 2 aromatic carbocycles. The molecule has 1 amide bonds. The molecule has 1 aliphatic rings. The molecule has 3 aromatic rings. The Morgan fingerprint density at radius 3 is 2.45 bits per heavy atom. The van der Waals surface area contributed by atoms with Crippen LogP contribution in [0, 0.1) is 5.92 Å². The number of aryl methyl sites for hydroxylation is 1. The normalized spacial score (nSPS) is 21.5. The van der Waals surface area contributed by atoms with Crippen molar-refractivity contribution >= 4 is 22.2 Å². The zero-order chi connectivity index (χ0) is 31.9. The van der Waals surface area contributed by atoms with Gasteiger partial charge < -0.3 is 25.4 Å². The van der Waals surface area contributed by atoms with E-state index in [-0.39, 0.29) is 25.5 Å². The number of nitrogens with two attached hydrogens (primary N) is 1. The second-order valence-electron chi connectivity index (χ2n) is 10.4. The fourth-order valence-corrected chi connectivity index (χ4v) is 5.10. The fourth-order valence-electron chi connectivity index (χ4n) is 4.35. The van der Waals surface area contributed by atoms with Crippen LogP contribution in [0.15, 0.2) is 54.6 Å². The molecule has 1 fully saturated rings. The summed E-state index contributed by atoms with van der Waals surface area (Å²) in [4.78, 5) is 25.7. The van der Waals surface area contributed by atoms with Crippen molar-refractivity contribution < 1.29 is 41.9 Å². The predicted octanol–water partition coefficient (Wildman–Crippen LogP) is 0.327. The number of rotatable bonds is 14. The highest BCUT2D eigenvalue weighted by Crippen LogP contribution is 2.25. The average Bonchev–Trinajstić information content (AvgIpc) is 3.61. The Balaban J connectivity index is 1.25. The van der Waals surface area contributed by atoms with Gasteiger partial charge in [0.05, 0.1) is 30.9 Å². The van der Waals surface area contributed by atoms with Crippen LogP contribution in [0.4, 0.5) is 0 Å². The Morgan fingerprint density at radius 2 is 1.77 bits per heavy atom. The van der Waals surface area contributed by atoms with Gasteiger partial charge in [-0.15, -0.1) is 10.2 Å². The molecule has 0 aliphatic carbocycles. The highest BCUT2D eigenvalue weighted by molar-refractivity contribution is 7.85. The molecule has 238 valence electrons. The van der Waals surface area contributed by atoms with Crippen molar-refractivity contribution in [2.45, 2.75) is 70.3 Å². The monoisotopic (exact) mass is 632 g/mol. The number of amides is 1. The topological polar surface area (TPSA) is 218 Å². The average molecular weight is 633 g/mol. The molecular formula is C28H36N6O9S. The van der Waals surface area contributed by atoms with Gasteiger partial charge in [0, 0.05) is 5.56 Å². The van der Waals surface area contributed by atoms with E-state index in [1.54, 1.807) is 35.9 Å². The highest BCUT2D eigenvalue weighted by atomic mass is 32.2. The number of esters is 1. The van der Waals surface area contributed by atoms with Gasteiger partial charge in [-0.1, -0.05) is 62.7 Å². The van der Waals surface area contributed by atoms with Crippen molar-refractivity contribution in [2.75, 3.05) is 6.61 Å². The molecule has 2 heterocycles. The molecule has 0 unspecified atom stereocenters. The molecule has 16 heteroatoms. The Bertz CT molecular complexity index is 1500. The summed E-state index contributed by atoms with van der Waals surface area (Å²) in [5.41, 5.74) is 7.61. The van der Waals surface area contributed by atoms with Crippen molar-refractivity contribution in [3.8, 4) is 11.4 Å². The third-order valence-electron chi connectivity index (χ3n) is 7.29. The fraction of sp³-hybridized carbons (Fsp3) is 0.464. The summed E-state index contributed by atoms with van der Waals surface area (Å²) >= 11 is 0. The summed E-state index contributed by atoms with van der Waals surface area (Å²) in [6, 6.07) is 14.8. The SMILES string of the molecule is CC[C@H](C)[C@H](N)C(=O)NS(=O)(=O)OC[C@H]1O[C@@H](CCn2nnc(-c3ccc(C(=O)OCc4ccccc4)cc3)n2)[C@H](O)[C@@H]1O. The Hall–Kier alpha value is -3.80. The molecule has 0 saturated carbocycles. The zero-order valence-electron chi connectivity index (χ0n) is 24.2. The highest BCUT2D eigenvalue weighted by Gasteiger charge is 2.43. The van der Waals surface area contributed by atoms with Gasteiger partial charge in [0.25, 0.3) is 5.91 Å². The van der Waals surface area contributed by atoms with Crippen molar-refractivity contribution in [3.63, 3.8) is 0 Å². The first-order valence-corrected chi connectivity index (χ1v) is 15.5. The van der Waals surface area contributed by atoms with Gasteiger partial charge in [-0.3, -0.25) is 8.98 Å². The lowest BCUT2D eigenvalue weighted by Crippen LogP contribution is -2.47. The first kappa shape index (κ1) is 33.1. The number of aliphatic hydroxyl groups excluding tert-OH is 2. The lowest BCUT2D eigenvalue weighted by Gasteiger charge is -2.18. The number of nitrogens with one attached hydrogen (secondary N) is 1. The number of carbonyl (C=O) groups excluding carboxylic acids is 2. The maximum Gasteiger partial charge on any atom is 0.362 e. The van der Waals surface area contributed by atoms with E-state index in [9.17, 15) is 28.2 Å². The molecule has 5 N–H and O–H groups in total. The third-order valence-corrected chi connectivity index (χ3v) is 8.19. The van der Waals surface area contributed by atoms with Gasteiger partial charge in [0.2, 0.25) is 5.82 Å². The van der Waals surface area contributed by atoms with Gasteiger partial charge in [-0.05, 0) is 35.2 Å². The summed E-state index contributed by atoms with van der Waals surface area (Å²) in [7, 11) is -4.52. The molecule has 44 heavy (non-hydrogen) atoms. The van der Waals surface area contributed by atoms with E-state index in [0.29, 0.717) is 23.4 Å². The number of hydrogen-bond acceptors (Lipinski definition) is 13. The standard InChI is InChI=1S/C28H36N6O9S/c1-3-17(2)23(29)27(37)32-44(39,40)42-16-22-25(36)24(35)21(43-22)13-14-34-31-26(30-33-34)19-9-11-20(12-10-19)28(38)41-15-18-7-5-4-6-8-18/h4-12,17,21-25,35-36H,3,13-16,29H2,1-2H3,(H,32,37)/t17-,21-,22+,23-,24-,25+/m0/s1. The Kier molecular flexibility index (Phi) is 11.1. The van der Waals surface area contributed by atoms with Crippen LogP contribution >= 0.6 is 0 Å². The summed E-state index contributed by atoms with van der Waals surface area (Å²) in [6.45, 7) is 3.20. The summed E-state index contributed by atoms with van der Waals surface area (Å²) in [5.74, 6) is -1.33. The van der Waals surface area contributed by atoms with Crippen molar-refractivity contribution in [1.82, 2.24) is 24.9 Å². The number of aliphatic hydroxyl groups is 2. The van der Waals surface area contributed by atoms with Crippen LogP contribution < -0.4 is 10.5 Å². The second-order valence-corrected chi connectivity index (χ2v) is 11.8. The molecule has 0 spiro atoms. The second kappa shape index (κ2) is 14.8. The smallest absolute Gasteiger partial charge is 0.362 e. The number of aromatic nitrogens is 4. The molecular weight excluding hydrogens is 596 g/mol. The molecule has 0 bridgehead atoms. The number of tetrazole rings is 1. The zero-order valence-corrected chi connectivity index (χ0v) is 25.0. The van der Waals surface area contributed by atoms with Crippen LogP contribution in [0.25, 0.3) is 11.4 Å². The summed E-state index contributed by atoms with van der Waals surface area (Å²) < 4.78 is 41.9. The lowest BCUT2D eigenvalue weighted by molar-refractivity contribution is -0.121. The van der Waals surface area contributed by atoms with Gasteiger partial charge in [0.15, 0.2) is 0 Å². The van der Waals surface area contributed by atoms with E-state index in [2.05, 4.69) is 15.4 Å². The number of hydrogen-bond donors (Lipinski definition) is 4. The third kappa shape index (κ3) is 8.64. The number of nitrogens with zero attached hydrogens (tertiary/aromatic N) is 4. The van der Waals surface area contributed by atoms with E-state index in [1.807, 2.05) is 37.3 Å². The lowest BCUT2D eigenvalue weighted by atomic mass is 10.00. The number of ether oxygens (including phenoxy) is 2. The number of carbonyl (C=O) groups is 2. The maximum absolute atomic E-state index is 12.4. The van der Waals surface area contributed by atoms with Crippen molar-refractivity contribution in [1.29, 1.82) is 0 Å².